The molecule has 18 heavy (non-hydrogen) atoms. The number of hydrogen-bond donors (Lipinski definition) is 3. The van der Waals surface area contributed by atoms with Gasteiger partial charge in [0.2, 0.25) is 0 Å². The highest BCUT2D eigenvalue weighted by atomic mass is 16.3. The standard InChI is InChI=1S/C13H19N3O2/c1-8(6-17)9(2)16-12-4-3-10(14)5-11(12)15-13(16)7-18/h3-5,8-9,17-18H,6-7,14H2,1-2H3. The Balaban J connectivity index is 2.60. The maximum atomic E-state index is 9.42. The van der Waals surface area contributed by atoms with Crippen LogP contribution in [0.3, 0.4) is 0 Å². The number of nitrogens with two attached hydrogens (primary N) is 1. The lowest BCUT2D eigenvalue weighted by Crippen LogP contribution is -2.19. The van der Waals surface area contributed by atoms with Crippen LogP contribution in [0, 0.1) is 5.92 Å². The third kappa shape index (κ3) is 2.07. The number of anilines is 1. The van der Waals surface area contributed by atoms with Crippen LogP contribution in [0.4, 0.5) is 5.69 Å². The molecule has 2 aromatic rings. The van der Waals surface area contributed by atoms with Crippen LogP contribution in [0.15, 0.2) is 18.2 Å². The number of hydrogen-bond acceptors (Lipinski definition) is 4. The summed E-state index contributed by atoms with van der Waals surface area (Å²) in [5.41, 5.74) is 8.09. The van der Waals surface area contributed by atoms with Crippen LogP contribution in [0.25, 0.3) is 11.0 Å². The van der Waals surface area contributed by atoms with Gasteiger partial charge in [0.1, 0.15) is 12.4 Å². The number of aliphatic hydroxyl groups excluding tert-OH is 2. The number of nitrogen functional groups attached to an aromatic ring is 1. The number of aliphatic hydroxyl groups is 2. The zero-order valence-electron chi connectivity index (χ0n) is 10.7. The van der Waals surface area contributed by atoms with E-state index in [0.717, 1.165) is 11.0 Å². The van der Waals surface area contributed by atoms with Crippen molar-refractivity contribution in [3.63, 3.8) is 0 Å². The molecule has 2 rings (SSSR count). The maximum Gasteiger partial charge on any atom is 0.135 e. The van der Waals surface area contributed by atoms with Crippen molar-refractivity contribution in [2.75, 3.05) is 12.3 Å². The Morgan fingerprint density at radius 1 is 1.33 bits per heavy atom. The molecular weight excluding hydrogens is 230 g/mol. The predicted molar refractivity (Wildman–Crippen MR) is 71.0 cm³/mol. The molecule has 0 fully saturated rings. The minimum absolute atomic E-state index is 0.0609. The van der Waals surface area contributed by atoms with Crippen LogP contribution in [0.5, 0.6) is 0 Å². The fraction of sp³-hybridized carbons (Fsp3) is 0.462. The normalized spacial score (nSPS) is 14.9. The van der Waals surface area contributed by atoms with Crippen molar-refractivity contribution in [2.24, 2.45) is 5.92 Å². The van der Waals surface area contributed by atoms with E-state index in [4.69, 9.17) is 5.73 Å². The summed E-state index contributed by atoms with van der Waals surface area (Å²) in [6.07, 6.45) is 0. The maximum absolute atomic E-state index is 9.42. The van der Waals surface area contributed by atoms with Gasteiger partial charge in [0.25, 0.3) is 0 Å². The molecule has 0 saturated carbocycles. The van der Waals surface area contributed by atoms with Crippen molar-refractivity contribution < 1.29 is 10.2 Å². The van der Waals surface area contributed by atoms with E-state index in [-0.39, 0.29) is 25.2 Å². The number of rotatable bonds is 4. The fourth-order valence-electron chi connectivity index (χ4n) is 2.14. The first-order valence-corrected chi connectivity index (χ1v) is 6.06. The smallest absolute Gasteiger partial charge is 0.135 e. The molecule has 0 aliphatic rings. The second kappa shape index (κ2) is 4.96. The van der Waals surface area contributed by atoms with Crippen molar-refractivity contribution in [2.45, 2.75) is 26.5 Å². The molecule has 0 bridgehead atoms. The number of aromatic nitrogens is 2. The van der Waals surface area contributed by atoms with E-state index in [0.29, 0.717) is 11.5 Å². The Morgan fingerprint density at radius 2 is 2.06 bits per heavy atom. The largest absolute Gasteiger partial charge is 0.399 e. The van der Waals surface area contributed by atoms with Crippen molar-refractivity contribution in [1.82, 2.24) is 9.55 Å². The number of imidazole rings is 1. The van der Waals surface area contributed by atoms with Gasteiger partial charge in [0.15, 0.2) is 0 Å². The summed E-state index contributed by atoms with van der Waals surface area (Å²) in [6.45, 7) is 3.95. The van der Waals surface area contributed by atoms with Gasteiger partial charge in [-0.25, -0.2) is 4.98 Å². The lowest BCUT2D eigenvalue weighted by atomic mass is 10.0. The van der Waals surface area contributed by atoms with Gasteiger partial charge in [0, 0.05) is 18.3 Å². The Labute approximate surface area is 106 Å². The Kier molecular flexibility index (Phi) is 3.54. The van der Waals surface area contributed by atoms with Crippen LogP contribution in [-0.4, -0.2) is 26.4 Å². The van der Waals surface area contributed by atoms with Gasteiger partial charge < -0.3 is 20.5 Å². The van der Waals surface area contributed by atoms with Gasteiger partial charge in [-0.15, -0.1) is 0 Å². The Hall–Kier alpha value is -1.59. The molecule has 5 heteroatoms. The summed E-state index contributed by atoms with van der Waals surface area (Å²) < 4.78 is 1.97. The first-order chi connectivity index (χ1) is 8.58. The molecule has 0 aliphatic heterocycles. The molecular formula is C13H19N3O2. The van der Waals surface area contributed by atoms with Crippen molar-refractivity contribution in [1.29, 1.82) is 0 Å². The molecule has 1 heterocycles. The van der Waals surface area contributed by atoms with E-state index in [1.165, 1.54) is 0 Å². The van der Waals surface area contributed by atoms with E-state index >= 15 is 0 Å². The molecule has 98 valence electrons. The van der Waals surface area contributed by atoms with Crippen LogP contribution >= 0.6 is 0 Å². The minimum atomic E-state index is -0.128. The highest BCUT2D eigenvalue weighted by Gasteiger charge is 2.19. The van der Waals surface area contributed by atoms with Crippen LogP contribution in [0.1, 0.15) is 25.7 Å². The monoisotopic (exact) mass is 249 g/mol. The second-order valence-electron chi connectivity index (χ2n) is 4.70. The summed E-state index contributed by atoms with van der Waals surface area (Å²) in [5, 5.41) is 18.7. The van der Waals surface area contributed by atoms with E-state index in [1.807, 2.05) is 30.5 Å². The summed E-state index contributed by atoms with van der Waals surface area (Å²) in [6, 6.07) is 5.57. The van der Waals surface area contributed by atoms with Crippen molar-refractivity contribution in [3.8, 4) is 0 Å². The van der Waals surface area contributed by atoms with Crippen molar-refractivity contribution >= 4 is 16.7 Å². The molecule has 1 aromatic heterocycles. The molecule has 0 amide bonds. The van der Waals surface area contributed by atoms with Gasteiger partial charge in [-0.2, -0.15) is 0 Å². The molecule has 2 unspecified atom stereocenters. The molecule has 0 aliphatic carbocycles. The average molecular weight is 249 g/mol. The SMILES string of the molecule is CC(CO)C(C)n1c(CO)nc2cc(N)ccc21. The predicted octanol–water partition coefficient (Wildman–Crippen LogP) is 1.30. The van der Waals surface area contributed by atoms with E-state index < -0.39 is 0 Å². The van der Waals surface area contributed by atoms with Gasteiger partial charge in [-0.1, -0.05) is 6.92 Å². The quantitative estimate of drug-likeness (QED) is 0.713. The van der Waals surface area contributed by atoms with Crippen molar-refractivity contribution in [3.05, 3.63) is 24.0 Å². The third-order valence-electron chi connectivity index (χ3n) is 3.45. The number of benzene rings is 1. The average Bonchev–Trinajstić information content (AvgIpc) is 2.74. The van der Waals surface area contributed by atoms with E-state index in [1.54, 1.807) is 6.07 Å². The molecule has 5 nitrogen and oxygen atoms in total. The lowest BCUT2D eigenvalue weighted by Gasteiger charge is -2.22. The van der Waals surface area contributed by atoms with Gasteiger partial charge in [0.05, 0.1) is 11.0 Å². The van der Waals surface area contributed by atoms with Crippen LogP contribution in [0.2, 0.25) is 0 Å². The molecule has 4 N–H and O–H groups in total. The highest BCUT2D eigenvalue weighted by molar-refractivity contribution is 5.79. The molecule has 0 spiro atoms. The lowest BCUT2D eigenvalue weighted by molar-refractivity contribution is 0.191. The second-order valence-corrected chi connectivity index (χ2v) is 4.70. The summed E-state index contributed by atoms with van der Waals surface area (Å²) >= 11 is 0. The highest BCUT2D eigenvalue weighted by Crippen LogP contribution is 2.27. The Morgan fingerprint density at radius 3 is 2.67 bits per heavy atom. The topological polar surface area (TPSA) is 84.3 Å². The molecule has 0 radical (unpaired) electrons. The Bertz CT molecular complexity index is 550. The van der Waals surface area contributed by atoms with Gasteiger partial charge in [-0.3, -0.25) is 0 Å². The van der Waals surface area contributed by atoms with Gasteiger partial charge >= 0.3 is 0 Å². The van der Waals surface area contributed by atoms with E-state index in [9.17, 15) is 10.2 Å². The minimum Gasteiger partial charge on any atom is -0.399 e. The third-order valence-corrected chi connectivity index (χ3v) is 3.45. The zero-order chi connectivity index (χ0) is 13.3. The molecule has 2 atom stereocenters. The van der Waals surface area contributed by atoms with E-state index in [2.05, 4.69) is 4.98 Å². The summed E-state index contributed by atoms with van der Waals surface area (Å²) in [5.74, 6) is 0.689. The number of nitrogens with zero attached hydrogens (tertiary/aromatic N) is 2. The first-order valence-electron chi connectivity index (χ1n) is 6.06. The summed E-state index contributed by atoms with van der Waals surface area (Å²) in [4.78, 5) is 4.38. The fourth-order valence-corrected chi connectivity index (χ4v) is 2.14. The number of fused-ring (bicyclic) bond motifs is 1. The van der Waals surface area contributed by atoms with Crippen LogP contribution < -0.4 is 5.73 Å². The zero-order valence-corrected chi connectivity index (χ0v) is 10.7. The molecule has 1 aromatic carbocycles. The summed E-state index contributed by atoms with van der Waals surface area (Å²) in [7, 11) is 0. The van der Waals surface area contributed by atoms with Crippen LogP contribution in [-0.2, 0) is 6.61 Å². The first kappa shape index (κ1) is 12.9. The molecule has 0 saturated heterocycles. The van der Waals surface area contributed by atoms with Gasteiger partial charge in [-0.05, 0) is 31.0 Å².